The lowest BCUT2D eigenvalue weighted by Gasteiger charge is -2.14. The smallest absolute Gasteiger partial charge is 0.343 e. The number of rotatable bonds is 13. The molecule has 0 saturated heterocycles. The summed E-state index contributed by atoms with van der Waals surface area (Å²) < 4.78 is 27.9. The number of para-hydroxylation sites is 2. The van der Waals surface area contributed by atoms with Gasteiger partial charge in [0.15, 0.2) is 11.5 Å². The number of nitrogens with zero attached hydrogens (tertiary/aromatic N) is 1. The van der Waals surface area contributed by atoms with E-state index in [1.54, 1.807) is 84.9 Å². The molecule has 0 fully saturated rings. The topological polar surface area (TPSA) is 151 Å². The van der Waals surface area contributed by atoms with Crippen molar-refractivity contribution in [2.24, 2.45) is 5.10 Å². The van der Waals surface area contributed by atoms with E-state index in [4.69, 9.17) is 23.7 Å². The molecule has 0 radical (unpaired) electrons. The van der Waals surface area contributed by atoms with Crippen molar-refractivity contribution < 1.29 is 42.9 Å². The normalized spacial score (nSPS) is 10.8. The average molecular weight is 779 g/mol. The molecule has 0 saturated carbocycles. The lowest BCUT2D eigenvalue weighted by molar-refractivity contribution is -0.128. The standard InChI is InChI=1S/C40H32BrN3O9/c1-49-34-22-29(23-35(50-2)37(34)51-3)38(46)43-31-19-14-26(15-20-31)39(47)44-42-24-28-9-5-7-11-33(28)52-36(45)21-16-25-8-4-6-10-32(25)53-40(48)27-12-17-30(41)18-13-27/h4-24H,1-3H3,(H,43,46)(H,44,47)/b21-16+,42-24+. The number of amides is 2. The van der Waals surface area contributed by atoms with Crippen LogP contribution >= 0.6 is 15.9 Å². The summed E-state index contributed by atoms with van der Waals surface area (Å²) in [5, 5.41) is 6.78. The van der Waals surface area contributed by atoms with Crippen LogP contribution in [0.5, 0.6) is 28.7 Å². The quantitative estimate of drug-likeness (QED) is 0.0412. The van der Waals surface area contributed by atoms with Crippen molar-refractivity contribution in [1.29, 1.82) is 0 Å². The molecule has 5 aromatic rings. The van der Waals surface area contributed by atoms with E-state index < -0.39 is 23.8 Å². The lowest BCUT2D eigenvalue weighted by atomic mass is 10.1. The zero-order valence-corrected chi connectivity index (χ0v) is 30.2. The Morgan fingerprint density at radius 1 is 0.623 bits per heavy atom. The molecule has 2 amide bonds. The van der Waals surface area contributed by atoms with Gasteiger partial charge in [-0.15, -0.1) is 0 Å². The largest absolute Gasteiger partial charge is 0.493 e. The van der Waals surface area contributed by atoms with Crippen LogP contribution in [0.25, 0.3) is 6.08 Å². The van der Waals surface area contributed by atoms with Gasteiger partial charge in [0.1, 0.15) is 11.5 Å². The van der Waals surface area contributed by atoms with Gasteiger partial charge in [0.25, 0.3) is 11.8 Å². The van der Waals surface area contributed by atoms with Gasteiger partial charge in [-0.1, -0.05) is 46.3 Å². The SMILES string of the molecule is COc1cc(C(=O)Nc2ccc(C(=O)N/N=C/c3ccccc3OC(=O)/C=C/c3ccccc3OC(=O)c3ccc(Br)cc3)cc2)cc(OC)c1OC. The molecule has 13 heteroatoms. The zero-order valence-electron chi connectivity index (χ0n) is 28.6. The van der Waals surface area contributed by atoms with Gasteiger partial charge < -0.3 is 29.0 Å². The van der Waals surface area contributed by atoms with Gasteiger partial charge in [0.2, 0.25) is 5.75 Å². The minimum absolute atomic E-state index is 0.197. The van der Waals surface area contributed by atoms with Crippen molar-refractivity contribution in [3.05, 3.63) is 148 Å². The van der Waals surface area contributed by atoms with E-state index in [2.05, 4.69) is 31.8 Å². The summed E-state index contributed by atoms with van der Waals surface area (Å²) in [6.07, 6.45) is 4.03. The molecule has 12 nitrogen and oxygen atoms in total. The van der Waals surface area contributed by atoms with Crippen molar-refractivity contribution in [2.45, 2.75) is 0 Å². The Morgan fingerprint density at radius 3 is 1.83 bits per heavy atom. The number of methoxy groups -OCH3 is 3. The number of benzene rings is 5. The predicted octanol–water partition coefficient (Wildman–Crippen LogP) is 7.33. The number of esters is 2. The summed E-state index contributed by atoms with van der Waals surface area (Å²) in [5.74, 6) is -0.692. The Balaban J connectivity index is 1.17. The molecule has 0 heterocycles. The van der Waals surface area contributed by atoms with Crippen LogP contribution in [0.2, 0.25) is 0 Å². The summed E-state index contributed by atoms with van der Waals surface area (Å²) in [7, 11) is 4.38. The highest BCUT2D eigenvalue weighted by Crippen LogP contribution is 2.38. The van der Waals surface area contributed by atoms with E-state index in [0.717, 1.165) is 4.47 Å². The molecule has 0 atom stereocenters. The van der Waals surface area contributed by atoms with Gasteiger partial charge in [0.05, 0.1) is 33.1 Å². The van der Waals surface area contributed by atoms with Crippen LogP contribution in [0.1, 0.15) is 42.2 Å². The van der Waals surface area contributed by atoms with Crippen LogP contribution < -0.4 is 34.4 Å². The molecule has 53 heavy (non-hydrogen) atoms. The van der Waals surface area contributed by atoms with Crippen LogP contribution in [0, 0.1) is 0 Å². The molecule has 5 aromatic carbocycles. The Morgan fingerprint density at radius 2 is 1.21 bits per heavy atom. The second-order valence-electron chi connectivity index (χ2n) is 10.9. The fraction of sp³-hybridized carbons (Fsp3) is 0.0750. The number of carbonyl (C=O) groups is 4. The van der Waals surface area contributed by atoms with E-state index in [1.807, 2.05) is 0 Å². The molecule has 0 aliphatic heterocycles. The van der Waals surface area contributed by atoms with Gasteiger partial charge in [-0.3, -0.25) is 9.59 Å². The Bertz CT molecular complexity index is 2160. The Labute approximate surface area is 313 Å². The van der Waals surface area contributed by atoms with Crippen LogP contribution in [0.4, 0.5) is 5.69 Å². The van der Waals surface area contributed by atoms with E-state index in [1.165, 1.54) is 64.0 Å². The predicted molar refractivity (Wildman–Crippen MR) is 202 cm³/mol. The van der Waals surface area contributed by atoms with Gasteiger partial charge in [-0.05, 0) is 84.9 Å². The summed E-state index contributed by atoms with van der Waals surface area (Å²) in [4.78, 5) is 51.1. The second-order valence-corrected chi connectivity index (χ2v) is 11.8. The number of carbonyl (C=O) groups excluding carboxylic acids is 4. The molecular formula is C40H32BrN3O9. The molecule has 0 spiro atoms. The molecular weight excluding hydrogens is 746 g/mol. The van der Waals surface area contributed by atoms with Gasteiger partial charge in [-0.25, -0.2) is 15.0 Å². The van der Waals surface area contributed by atoms with Gasteiger partial charge in [0, 0.05) is 38.5 Å². The first kappa shape index (κ1) is 37.5. The lowest BCUT2D eigenvalue weighted by Crippen LogP contribution is -2.18. The maximum atomic E-state index is 12.9. The summed E-state index contributed by atoms with van der Waals surface area (Å²) in [6.45, 7) is 0. The van der Waals surface area contributed by atoms with E-state index in [9.17, 15) is 19.2 Å². The molecule has 268 valence electrons. The average Bonchev–Trinajstić information content (AvgIpc) is 3.18. The highest BCUT2D eigenvalue weighted by atomic mass is 79.9. The van der Waals surface area contributed by atoms with Crippen LogP contribution in [-0.2, 0) is 4.79 Å². The number of nitrogens with one attached hydrogen (secondary N) is 2. The molecule has 0 aliphatic carbocycles. The molecule has 0 aromatic heterocycles. The number of hydrogen-bond acceptors (Lipinski definition) is 10. The van der Waals surface area contributed by atoms with Crippen LogP contribution in [-0.4, -0.2) is 51.3 Å². The number of halogens is 1. The fourth-order valence-electron chi connectivity index (χ4n) is 4.78. The van der Waals surface area contributed by atoms with Crippen molar-refractivity contribution >= 4 is 57.7 Å². The van der Waals surface area contributed by atoms with E-state index in [0.29, 0.717) is 39.6 Å². The first-order chi connectivity index (χ1) is 25.7. The third-order valence-corrected chi connectivity index (χ3v) is 7.96. The maximum absolute atomic E-state index is 12.9. The molecule has 0 unspecified atom stereocenters. The van der Waals surface area contributed by atoms with E-state index >= 15 is 0 Å². The van der Waals surface area contributed by atoms with Crippen molar-refractivity contribution in [3.63, 3.8) is 0 Å². The Hall–Kier alpha value is -6.73. The van der Waals surface area contributed by atoms with Gasteiger partial charge in [-0.2, -0.15) is 5.10 Å². The van der Waals surface area contributed by atoms with Crippen LogP contribution in [0.15, 0.2) is 125 Å². The van der Waals surface area contributed by atoms with Crippen molar-refractivity contribution in [2.75, 3.05) is 26.6 Å². The third kappa shape index (κ3) is 9.96. The Kier molecular flexibility index (Phi) is 12.7. The van der Waals surface area contributed by atoms with Gasteiger partial charge >= 0.3 is 11.9 Å². The second kappa shape index (κ2) is 18.0. The summed E-state index contributed by atoms with van der Waals surface area (Å²) in [5.41, 5.74) is 4.71. The number of anilines is 1. The number of ether oxygens (including phenoxy) is 5. The third-order valence-electron chi connectivity index (χ3n) is 7.43. The molecule has 5 rings (SSSR count). The highest BCUT2D eigenvalue weighted by Gasteiger charge is 2.18. The minimum atomic E-state index is -0.693. The monoisotopic (exact) mass is 777 g/mol. The summed E-state index contributed by atoms with van der Waals surface area (Å²) in [6, 6.07) is 29.4. The first-order valence-corrected chi connectivity index (χ1v) is 16.6. The fourth-order valence-corrected chi connectivity index (χ4v) is 5.05. The van der Waals surface area contributed by atoms with Crippen molar-refractivity contribution in [1.82, 2.24) is 5.43 Å². The van der Waals surface area contributed by atoms with Crippen LogP contribution in [0.3, 0.4) is 0 Å². The molecule has 0 bridgehead atoms. The first-order valence-electron chi connectivity index (χ1n) is 15.8. The molecule has 2 N–H and O–H groups in total. The van der Waals surface area contributed by atoms with Crippen molar-refractivity contribution in [3.8, 4) is 28.7 Å². The molecule has 0 aliphatic rings. The minimum Gasteiger partial charge on any atom is -0.493 e. The highest BCUT2D eigenvalue weighted by molar-refractivity contribution is 9.10. The zero-order chi connectivity index (χ0) is 37.7. The van der Waals surface area contributed by atoms with E-state index in [-0.39, 0.29) is 22.6 Å². The number of hydrogen-bond donors (Lipinski definition) is 2. The summed E-state index contributed by atoms with van der Waals surface area (Å²) >= 11 is 3.34. The maximum Gasteiger partial charge on any atom is 0.343 e. The number of hydrazone groups is 1.